The van der Waals surface area contributed by atoms with Crippen molar-refractivity contribution < 1.29 is 29.0 Å². The lowest BCUT2D eigenvalue weighted by molar-refractivity contribution is -0.133. The van der Waals surface area contributed by atoms with Crippen LogP contribution in [-0.4, -0.2) is 90.9 Å². The monoisotopic (exact) mass is 768 g/mol. The number of aryl methyl sites for hydroxylation is 1. The van der Waals surface area contributed by atoms with Crippen LogP contribution in [0.4, 0.5) is 5.69 Å². The van der Waals surface area contributed by atoms with Crippen molar-refractivity contribution in [2.75, 3.05) is 38.8 Å². The third-order valence-electron chi connectivity index (χ3n) is 10.3. The van der Waals surface area contributed by atoms with Gasteiger partial charge in [-0.3, -0.25) is 19.4 Å². The van der Waals surface area contributed by atoms with Crippen molar-refractivity contribution in [1.29, 1.82) is 0 Å². The van der Waals surface area contributed by atoms with Crippen LogP contribution in [0.25, 0.3) is 11.1 Å². The van der Waals surface area contributed by atoms with Gasteiger partial charge in [0.25, 0.3) is 12.4 Å². The molecule has 302 valence electrons. The number of amides is 2. The number of hydrogen-bond acceptors (Lipinski definition) is 10. The van der Waals surface area contributed by atoms with Crippen molar-refractivity contribution in [2.45, 2.75) is 92.0 Å². The maximum Gasteiger partial charge on any atom is 0.293 e. The molecule has 0 radical (unpaired) electrons. The second-order valence-electron chi connectivity index (χ2n) is 15.7. The van der Waals surface area contributed by atoms with Crippen molar-refractivity contribution >= 4 is 30.7 Å². The smallest absolute Gasteiger partial charge is 0.293 e. The molecule has 56 heavy (non-hydrogen) atoms. The first-order valence-electron chi connectivity index (χ1n) is 19.4. The molecule has 3 aromatic rings. The van der Waals surface area contributed by atoms with Crippen molar-refractivity contribution in [3.8, 4) is 16.9 Å². The SMILES string of the molecule is C=C(NC(Cc1cc(O)cc(-c2ccc(N(CC)Cc3cnccc3COC)c(CCC(C)(C)COC=O)c2)c1)C(=O)N1CCCC=N1)C(C(C)C)N(C)C=O. The Morgan fingerprint density at radius 3 is 2.55 bits per heavy atom. The summed E-state index contributed by atoms with van der Waals surface area (Å²) in [6, 6.07) is 12.7. The topological polar surface area (TPSA) is 137 Å². The molecule has 0 saturated carbocycles. The van der Waals surface area contributed by atoms with Gasteiger partial charge in [-0.1, -0.05) is 46.4 Å². The summed E-state index contributed by atoms with van der Waals surface area (Å²) in [7, 11) is 3.39. The van der Waals surface area contributed by atoms with Gasteiger partial charge in [-0.2, -0.15) is 5.10 Å². The van der Waals surface area contributed by atoms with Crippen LogP contribution in [0.5, 0.6) is 5.75 Å². The van der Waals surface area contributed by atoms with E-state index in [9.17, 15) is 19.5 Å². The van der Waals surface area contributed by atoms with E-state index in [1.54, 1.807) is 43.6 Å². The highest BCUT2D eigenvalue weighted by Gasteiger charge is 2.30. The molecule has 1 aliphatic heterocycles. The van der Waals surface area contributed by atoms with Gasteiger partial charge in [-0.25, -0.2) is 5.01 Å². The summed E-state index contributed by atoms with van der Waals surface area (Å²) in [6.07, 6.45) is 9.53. The first-order chi connectivity index (χ1) is 26.8. The molecule has 12 heteroatoms. The van der Waals surface area contributed by atoms with E-state index in [0.29, 0.717) is 44.9 Å². The molecule has 0 bridgehead atoms. The van der Waals surface area contributed by atoms with E-state index >= 15 is 0 Å². The third kappa shape index (κ3) is 11.9. The average molecular weight is 769 g/mol. The normalized spacial score (nSPS) is 13.9. The number of phenols is 1. The Balaban J connectivity index is 1.73. The Morgan fingerprint density at radius 2 is 1.89 bits per heavy atom. The molecule has 0 spiro atoms. The van der Waals surface area contributed by atoms with Gasteiger partial charge in [-0.05, 0) is 108 Å². The molecular weight excluding hydrogens is 709 g/mol. The Labute approximate surface area is 332 Å². The minimum Gasteiger partial charge on any atom is -0.508 e. The number of likely N-dealkylation sites (N-methyl/N-ethyl adjacent to an activating group) is 1. The fourth-order valence-electron chi connectivity index (χ4n) is 7.33. The van der Waals surface area contributed by atoms with Gasteiger partial charge in [0.15, 0.2) is 0 Å². The zero-order chi connectivity index (χ0) is 40.8. The van der Waals surface area contributed by atoms with Crippen LogP contribution in [-0.2, 0) is 49.9 Å². The Hall–Kier alpha value is -5.23. The number of pyridine rings is 1. The highest BCUT2D eigenvalue weighted by atomic mass is 16.5. The summed E-state index contributed by atoms with van der Waals surface area (Å²) in [4.78, 5) is 45.1. The van der Waals surface area contributed by atoms with Crippen molar-refractivity contribution in [3.63, 3.8) is 0 Å². The highest BCUT2D eigenvalue weighted by molar-refractivity contribution is 5.83. The lowest BCUT2D eigenvalue weighted by Crippen LogP contribution is -2.50. The van der Waals surface area contributed by atoms with Gasteiger partial charge in [0, 0.05) is 70.2 Å². The number of phenolic OH excluding ortho intramolecular Hbond substituents is 1. The van der Waals surface area contributed by atoms with Gasteiger partial charge >= 0.3 is 0 Å². The summed E-state index contributed by atoms with van der Waals surface area (Å²) in [6.45, 7) is 17.7. The van der Waals surface area contributed by atoms with E-state index in [-0.39, 0.29) is 35.5 Å². The summed E-state index contributed by atoms with van der Waals surface area (Å²) in [5.41, 5.74) is 7.10. The van der Waals surface area contributed by atoms with E-state index in [1.165, 1.54) is 5.01 Å². The molecular formula is C44H60N6O6. The molecule has 1 aromatic heterocycles. The van der Waals surface area contributed by atoms with E-state index in [0.717, 1.165) is 71.3 Å². The molecule has 2 atom stereocenters. The van der Waals surface area contributed by atoms with E-state index in [2.05, 4.69) is 65.9 Å². The van der Waals surface area contributed by atoms with Crippen molar-refractivity contribution in [2.24, 2.45) is 16.4 Å². The van der Waals surface area contributed by atoms with E-state index < -0.39 is 6.04 Å². The second kappa shape index (κ2) is 20.6. The molecule has 4 rings (SSSR count). The first-order valence-corrected chi connectivity index (χ1v) is 19.4. The highest BCUT2D eigenvalue weighted by Crippen LogP contribution is 2.34. The van der Waals surface area contributed by atoms with Crippen LogP contribution in [0.3, 0.4) is 0 Å². The number of benzene rings is 2. The number of anilines is 1. The number of carbonyl (C=O) groups is 3. The predicted molar refractivity (Wildman–Crippen MR) is 221 cm³/mol. The van der Waals surface area contributed by atoms with Gasteiger partial charge in [0.1, 0.15) is 11.8 Å². The lowest BCUT2D eigenvalue weighted by Gasteiger charge is -2.34. The number of methoxy groups -OCH3 is 1. The Kier molecular flexibility index (Phi) is 16.0. The molecule has 1 aliphatic rings. The van der Waals surface area contributed by atoms with Crippen LogP contribution < -0.4 is 10.2 Å². The van der Waals surface area contributed by atoms with Crippen LogP contribution in [0.15, 0.2) is 72.2 Å². The lowest BCUT2D eigenvalue weighted by atomic mass is 9.86. The summed E-state index contributed by atoms with van der Waals surface area (Å²) in [5.74, 6) is -0.0884. The number of nitrogens with one attached hydrogen (secondary N) is 1. The number of rotatable bonds is 22. The predicted octanol–water partition coefficient (Wildman–Crippen LogP) is 6.49. The fraction of sp³-hybridized carbons (Fsp3) is 0.477. The molecule has 12 nitrogen and oxygen atoms in total. The minimum absolute atomic E-state index is 0.0435. The number of ether oxygens (including phenoxy) is 2. The van der Waals surface area contributed by atoms with Crippen LogP contribution in [0.2, 0.25) is 0 Å². The number of hydrogen-bond donors (Lipinski definition) is 2. The number of hydrazone groups is 1. The number of aromatic nitrogens is 1. The molecule has 0 fully saturated rings. The minimum atomic E-state index is -0.754. The van der Waals surface area contributed by atoms with Crippen LogP contribution in [0.1, 0.15) is 76.1 Å². The van der Waals surface area contributed by atoms with Crippen LogP contribution in [0, 0.1) is 11.3 Å². The van der Waals surface area contributed by atoms with Crippen molar-refractivity contribution in [1.82, 2.24) is 20.2 Å². The van der Waals surface area contributed by atoms with Gasteiger partial charge in [0.2, 0.25) is 6.41 Å². The number of aromatic hydroxyl groups is 1. The summed E-state index contributed by atoms with van der Waals surface area (Å²) >= 11 is 0. The Morgan fingerprint density at radius 1 is 1.11 bits per heavy atom. The van der Waals surface area contributed by atoms with E-state index in [1.807, 2.05) is 32.2 Å². The maximum atomic E-state index is 14.0. The van der Waals surface area contributed by atoms with Gasteiger partial charge < -0.3 is 29.7 Å². The fourth-order valence-corrected chi connectivity index (χ4v) is 7.33. The first kappa shape index (κ1) is 43.5. The summed E-state index contributed by atoms with van der Waals surface area (Å²) in [5, 5.41) is 20.3. The Bertz CT molecular complexity index is 1830. The molecule has 0 saturated heterocycles. The standard InChI is InChI=1S/C44H60N6O6/c1-9-49(26-38-25-45-18-15-36(38)27-55-8)41-13-12-34(23-35(41)14-16-44(5,6)28-56-30-52)37-20-33(21-39(53)24-37)22-40(43(54)50-19-11-10-17-46-50)47-32(4)42(31(2)3)48(7)29-51/h12-13,15,17-18,20-21,23-25,29-31,40,42,47,53H,4,9-11,14,16,19,22,26-28H2,1-3,5-8H3. The molecule has 2 aromatic carbocycles. The van der Waals surface area contributed by atoms with Crippen LogP contribution >= 0.6 is 0 Å². The molecule has 2 unspecified atom stereocenters. The van der Waals surface area contributed by atoms with Gasteiger partial charge in [0.05, 0.1) is 19.3 Å². The van der Waals surface area contributed by atoms with Gasteiger partial charge in [-0.15, -0.1) is 0 Å². The zero-order valence-corrected chi connectivity index (χ0v) is 34.2. The van der Waals surface area contributed by atoms with Crippen molar-refractivity contribution in [3.05, 3.63) is 89.4 Å². The largest absolute Gasteiger partial charge is 0.508 e. The summed E-state index contributed by atoms with van der Waals surface area (Å²) < 4.78 is 10.6. The number of nitrogens with zero attached hydrogens (tertiary/aromatic N) is 5. The quantitative estimate of drug-likeness (QED) is 0.110. The second-order valence-corrected chi connectivity index (χ2v) is 15.7. The number of carbonyl (C=O) groups excluding carboxylic acids is 3. The molecule has 2 amide bonds. The maximum absolute atomic E-state index is 14.0. The van der Waals surface area contributed by atoms with E-state index in [4.69, 9.17) is 9.47 Å². The molecule has 2 N–H and O–H groups in total. The molecule has 0 aliphatic carbocycles. The molecule has 2 heterocycles. The zero-order valence-electron chi connectivity index (χ0n) is 34.2. The third-order valence-corrected chi connectivity index (χ3v) is 10.3. The average Bonchev–Trinajstić information content (AvgIpc) is 3.18.